The largest absolute Gasteiger partial charge is 0.446 e. The van der Waals surface area contributed by atoms with E-state index < -0.39 is 12.5 Å². The molecule has 0 rings (SSSR count). The van der Waals surface area contributed by atoms with E-state index in [4.69, 9.17) is 4.79 Å². The normalized spacial score (nSPS) is 9.57. The van der Waals surface area contributed by atoms with Crippen LogP contribution >= 0.6 is 0 Å². The first-order valence-corrected chi connectivity index (χ1v) is 1.09. The van der Waals surface area contributed by atoms with Crippen molar-refractivity contribution in [1.29, 1.82) is 0 Å². The summed E-state index contributed by atoms with van der Waals surface area (Å²) in [5.74, 6) is 0. The van der Waals surface area contributed by atoms with Crippen LogP contribution in [-0.4, -0.2) is 12.5 Å². The van der Waals surface area contributed by atoms with E-state index in [1.807, 2.05) is 0 Å². The van der Waals surface area contributed by atoms with Gasteiger partial charge in [0.25, 0.3) is 0 Å². The summed E-state index contributed by atoms with van der Waals surface area (Å²) in [6, 6.07) is 0. The number of hydrogen-bond donors (Lipinski definition) is 0. The van der Waals surface area contributed by atoms with E-state index in [-0.39, 0.29) is 20.4 Å². The predicted octanol–water partition coefficient (Wildman–Crippen LogP) is 0.745. The Morgan fingerprint density at radius 1 is 1.29 bits per heavy atom. The molecule has 0 N–H and O–H groups in total. The van der Waals surface area contributed by atoms with Crippen molar-refractivity contribution >= 4 is 6.29 Å². The Kier molecular flexibility index (Phi) is 4.60. The second-order valence-electron chi connectivity index (χ2n) is 0.659. The van der Waals surface area contributed by atoms with Gasteiger partial charge in [0.1, 0.15) is 0 Å². The molecule has 0 amide bonds. The number of alkyl halides is 3. The molecular weight excluding hydrogens is 203 g/mol. The summed E-state index contributed by atoms with van der Waals surface area (Å²) in [6.07, 6.45) is -5.70. The van der Waals surface area contributed by atoms with Crippen LogP contribution in [-0.2, 0) is 25.2 Å². The molecule has 0 saturated carbocycles. The van der Waals surface area contributed by atoms with Crippen molar-refractivity contribution in [3.63, 3.8) is 0 Å². The van der Waals surface area contributed by atoms with Crippen LogP contribution in [0.25, 0.3) is 0 Å². The molecule has 0 heterocycles. The summed E-state index contributed by atoms with van der Waals surface area (Å²) >= 11 is 0. The first kappa shape index (κ1) is 10.2. The smallest absolute Gasteiger partial charge is 0.293 e. The fourth-order valence-corrected chi connectivity index (χ4v) is 0. The molecule has 0 aliphatic heterocycles. The third-order valence-corrected chi connectivity index (χ3v) is 0.134. The van der Waals surface area contributed by atoms with Crippen molar-refractivity contribution in [2.24, 2.45) is 0 Å². The number of halogens is 3. The van der Waals surface area contributed by atoms with Crippen molar-refractivity contribution in [3.8, 4) is 0 Å². The van der Waals surface area contributed by atoms with Crippen molar-refractivity contribution < 1.29 is 38.4 Å². The Bertz CT molecular complexity index is 58.4. The molecule has 5 heteroatoms. The minimum atomic E-state index is -4.64. The quantitative estimate of drug-likeness (QED) is 0.420. The van der Waals surface area contributed by atoms with Gasteiger partial charge in [0.2, 0.25) is 6.29 Å². The summed E-state index contributed by atoms with van der Waals surface area (Å²) < 4.78 is 31.2. The first-order chi connectivity index (χ1) is 2.56. The zero-order valence-electron chi connectivity index (χ0n) is 2.94. The minimum absolute atomic E-state index is 0. The predicted molar refractivity (Wildman–Crippen MR) is 12.1 cm³/mol. The first-order valence-electron chi connectivity index (χ1n) is 1.09. The molecule has 0 spiro atoms. The maximum atomic E-state index is 10.4. The van der Waals surface area contributed by atoms with E-state index in [0.717, 1.165) is 0 Å². The molecule has 0 aromatic heterocycles. The van der Waals surface area contributed by atoms with Crippen LogP contribution in [0.5, 0.6) is 0 Å². The monoisotopic (exact) mass is 204 g/mol. The van der Waals surface area contributed by atoms with Gasteiger partial charge in [0.05, 0.1) is 0 Å². The number of hydrogen-bond acceptors (Lipinski definition) is 1. The van der Waals surface area contributed by atoms with Gasteiger partial charge in [-0.05, 0) is 0 Å². The second kappa shape index (κ2) is 3.17. The van der Waals surface area contributed by atoms with Crippen LogP contribution in [0.1, 0.15) is 0 Å². The molecule has 0 fully saturated rings. The van der Waals surface area contributed by atoms with Crippen LogP contribution in [0, 0.1) is 0 Å². The maximum absolute atomic E-state index is 10.4. The van der Waals surface area contributed by atoms with Crippen molar-refractivity contribution in [2.45, 2.75) is 6.18 Å². The van der Waals surface area contributed by atoms with Crippen LogP contribution in [0.2, 0.25) is 0 Å². The van der Waals surface area contributed by atoms with Crippen LogP contribution in [0.3, 0.4) is 0 Å². The SMILES string of the molecule is O=CC(F)(F)F.[Pd]. The molecule has 0 atom stereocenters. The van der Waals surface area contributed by atoms with Gasteiger partial charge in [-0.3, -0.25) is 4.79 Å². The van der Waals surface area contributed by atoms with Gasteiger partial charge >= 0.3 is 6.18 Å². The van der Waals surface area contributed by atoms with Crippen molar-refractivity contribution in [3.05, 3.63) is 0 Å². The Labute approximate surface area is 51.5 Å². The number of carbonyl (C=O) groups is 1. The van der Waals surface area contributed by atoms with Crippen LogP contribution < -0.4 is 0 Å². The van der Waals surface area contributed by atoms with E-state index in [0.29, 0.717) is 0 Å². The Balaban J connectivity index is 0. The average Bonchev–Trinajstić information content (AvgIpc) is 1.35. The zero-order chi connectivity index (χ0) is 5.21. The topological polar surface area (TPSA) is 17.1 Å². The van der Waals surface area contributed by atoms with Gasteiger partial charge in [-0.1, -0.05) is 0 Å². The molecule has 0 aliphatic carbocycles. The van der Waals surface area contributed by atoms with Gasteiger partial charge in [0, 0.05) is 20.4 Å². The fraction of sp³-hybridized carbons (Fsp3) is 0.500. The van der Waals surface area contributed by atoms with E-state index >= 15 is 0 Å². The minimum Gasteiger partial charge on any atom is -0.293 e. The third kappa shape index (κ3) is 10.7. The summed E-state index contributed by atoms with van der Waals surface area (Å²) in [5.41, 5.74) is 0. The van der Waals surface area contributed by atoms with E-state index in [1.165, 1.54) is 0 Å². The molecule has 0 aliphatic rings. The fourth-order valence-electron chi connectivity index (χ4n) is 0. The molecule has 7 heavy (non-hydrogen) atoms. The van der Waals surface area contributed by atoms with E-state index in [1.54, 1.807) is 0 Å². The molecule has 0 saturated heterocycles. The number of aldehydes is 1. The molecule has 0 unspecified atom stereocenters. The molecule has 0 aromatic carbocycles. The molecular formula is C2HF3OPd. The molecule has 46 valence electrons. The molecule has 0 bridgehead atoms. The van der Waals surface area contributed by atoms with Crippen LogP contribution in [0.4, 0.5) is 13.2 Å². The number of rotatable bonds is 0. The van der Waals surface area contributed by atoms with Gasteiger partial charge in [-0.15, -0.1) is 0 Å². The van der Waals surface area contributed by atoms with Crippen molar-refractivity contribution in [1.82, 2.24) is 0 Å². The zero-order valence-corrected chi connectivity index (χ0v) is 4.49. The molecule has 1 nitrogen and oxygen atoms in total. The third-order valence-electron chi connectivity index (χ3n) is 0.134. The molecule has 0 aromatic rings. The van der Waals surface area contributed by atoms with E-state index in [2.05, 4.69) is 0 Å². The summed E-state index contributed by atoms with van der Waals surface area (Å²) in [5, 5.41) is 0. The Morgan fingerprint density at radius 3 is 1.43 bits per heavy atom. The average molecular weight is 204 g/mol. The van der Waals surface area contributed by atoms with Crippen molar-refractivity contribution in [2.75, 3.05) is 0 Å². The van der Waals surface area contributed by atoms with E-state index in [9.17, 15) is 13.2 Å². The standard InChI is InChI=1S/C2HF3O.Pd/c3-2(4,5)1-6;/h1H;. The second-order valence-corrected chi connectivity index (χ2v) is 0.659. The molecule has 0 radical (unpaired) electrons. The van der Waals surface area contributed by atoms with Gasteiger partial charge < -0.3 is 0 Å². The Hall–Kier alpha value is 0.122. The van der Waals surface area contributed by atoms with Gasteiger partial charge in [0.15, 0.2) is 0 Å². The summed E-state index contributed by atoms with van der Waals surface area (Å²) in [4.78, 5) is 8.70. The van der Waals surface area contributed by atoms with Crippen LogP contribution in [0.15, 0.2) is 0 Å². The van der Waals surface area contributed by atoms with Gasteiger partial charge in [-0.25, -0.2) is 0 Å². The summed E-state index contributed by atoms with van der Waals surface area (Å²) in [6.45, 7) is 0. The maximum Gasteiger partial charge on any atom is 0.446 e. The Morgan fingerprint density at radius 2 is 1.43 bits per heavy atom. The summed E-state index contributed by atoms with van der Waals surface area (Å²) in [7, 11) is 0. The number of carbonyl (C=O) groups excluding carboxylic acids is 1. The van der Waals surface area contributed by atoms with Gasteiger partial charge in [-0.2, -0.15) is 13.2 Å².